The predicted octanol–water partition coefficient (Wildman–Crippen LogP) is 2.94. The molecule has 0 radical (unpaired) electrons. The van der Waals surface area contributed by atoms with Gasteiger partial charge in [0.2, 0.25) is 0 Å². The van der Waals surface area contributed by atoms with Gasteiger partial charge in [0.25, 0.3) is 0 Å². The number of methoxy groups -OCH3 is 2. The van der Waals surface area contributed by atoms with Crippen LogP contribution in [0.25, 0.3) is 0 Å². The number of ether oxygens (including phenoxy) is 2. The summed E-state index contributed by atoms with van der Waals surface area (Å²) in [4.78, 5) is 4.19. The molecule has 5 heteroatoms. The molecular formula is C14H14BrNO3. The van der Waals surface area contributed by atoms with Crippen molar-refractivity contribution in [2.45, 2.75) is 6.10 Å². The summed E-state index contributed by atoms with van der Waals surface area (Å²) in [6, 6.07) is 8.93. The molecule has 1 atom stereocenters. The normalized spacial score (nSPS) is 12.0. The Bertz CT molecular complexity index is 574. The number of rotatable bonds is 4. The SMILES string of the molecule is COc1ccc(Br)c(C(O)c2ncccc2OC)c1. The van der Waals surface area contributed by atoms with Gasteiger partial charge in [-0.25, -0.2) is 0 Å². The van der Waals surface area contributed by atoms with Crippen molar-refractivity contribution in [1.29, 1.82) is 0 Å². The lowest BCUT2D eigenvalue weighted by Gasteiger charge is -2.16. The third-order valence-electron chi connectivity index (χ3n) is 2.78. The van der Waals surface area contributed by atoms with Crippen molar-refractivity contribution in [3.63, 3.8) is 0 Å². The Morgan fingerprint density at radius 3 is 2.68 bits per heavy atom. The first-order chi connectivity index (χ1) is 9.17. The lowest BCUT2D eigenvalue weighted by Crippen LogP contribution is -2.05. The van der Waals surface area contributed by atoms with E-state index in [9.17, 15) is 5.11 Å². The van der Waals surface area contributed by atoms with Crippen molar-refractivity contribution in [3.05, 3.63) is 52.3 Å². The molecule has 0 aliphatic heterocycles. The van der Waals surface area contributed by atoms with Gasteiger partial charge >= 0.3 is 0 Å². The minimum atomic E-state index is -0.888. The first-order valence-corrected chi connectivity index (χ1v) is 6.47. The van der Waals surface area contributed by atoms with Gasteiger partial charge in [0.1, 0.15) is 23.3 Å². The van der Waals surface area contributed by atoms with Crippen molar-refractivity contribution < 1.29 is 14.6 Å². The molecule has 1 unspecified atom stereocenters. The van der Waals surface area contributed by atoms with Gasteiger partial charge in [0, 0.05) is 16.2 Å². The fourth-order valence-corrected chi connectivity index (χ4v) is 2.25. The van der Waals surface area contributed by atoms with Gasteiger partial charge in [0.05, 0.1) is 14.2 Å². The Morgan fingerprint density at radius 2 is 2.00 bits per heavy atom. The summed E-state index contributed by atoms with van der Waals surface area (Å²) >= 11 is 3.42. The van der Waals surface area contributed by atoms with Crippen molar-refractivity contribution in [1.82, 2.24) is 4.98 Å². The highest BCUT2D eigenvalue weighted by molar-refractivity contribution is 9.10. The van der Waals surface area contributed by atoms with Crippen LogP contribution in [0.5, 0.6) is 11.5 Å². The molecule has 4 nitrogen and oxygen atoms in total. The van der Waals surface area contributed by atoms with E-state index in [0.717, 1.165) is 4.47 Å². The summed E-state index contributed by atoms with van der Waals surface area (Å²) in [5, 5.41) is 10.5. The largest absolute Gasteiger partial charge is 0.497 e. The van der Waals surface area contributed by atoms with E-state index in [2.05, 4.69) is 20.9 Å². The van der Waals surface area contributed by atoms with E-state index in [0.29, 0.717) is 22.8 Å². The second-order valence-electron chi connectivity index (χ2n) is 3.88. The molecule has 1 aromatic heterocycles. The lowest BCUT2D eigenvalue weighted by molar-refractivity contribution is 0.208. The number of aliphatic hydroxyl groups excluding tert-OH is 1. The maximum absolute atomic E-state index is 10.5. The number of benzene rings is 1. The second-order valence-corrected chi connectivity index (χ2v) is 4.74. The number of hydrogen-bond acceptors (Lipinski definition) is 4. The molecular weight excluding hydrogens is 310 g/mol. The van der Waals surface area contributed by atoms with Crippen molar-refractivity contribution in [2.24, 2.45) is 0 Å². The van der Waals surface area contributed by atoms with Crippen LogP contribution in [-0.2, 0) is 0 Å². The van der Waals surface area contributed by atoms with Crippen LogP contribution in [0.3, 0.4) is 0 Å². The zero-order chi connectivity index (χ0) is 13.8. The minimum absolute atomic E-state index is 0.471. The maximum Gasteiger partial charge on any atom is 0.143 e. The Hall–Kier alpha value is -1.59. The zero-order valence-corrected chi connectivity index (χ0v) is 12.2. The molecule has 0 saturated heterocycles. The fraction of sp³-hybridized carbons (Fsp3) is 0.214. The molecule has 2 rings (SSSR count). The van der Waals surface area contributed by atoms with E-state index in [-0.39, 0.29) is 0 Å². The van der Waals surface area contributed by atoms with Gasteiger partial charge < -0.3 is 14.6 Å². The minimum Gasteiger partial charge on any atom is -0.497 e. The van der Waals surface area contributed by atoms with Crippen molar-refractivity contribution in [2.75, 3.05) is 14.2 Å². The highest BCUT2D eigenvalue weighted by Crippen LogP contribution is 2.34. The van der Waals surface area contributed by atoms with Crippen LogP contribution in [0, 0.1) is 0 Å². The number of aromatic nitrogens is 1. The van der Waals surface area contributed by atoms with Gasteiger partial charge in [-0.2, -0.15) is 0 Å². The van der Waals surface area contributed by atoms with E-state index in [1.54, 1.807) is 38.6 Å². The van der Waals surface area contributed by atoms with Gasteiger partial charge in [-0.3, -0.25) is 4.98 Å². The smallest absolute Gasteiger partial charge is 0.143 e. The first kappa shape index (κ1) is 13.8. The molecule has 1 N–H and O–H groups in total. The van der Waals surface area contributed by atoms with E-state index in [1.165, 1.54) is 0 Å². The monoisotopic (exact) mass is 323 g/mol. The Balaban J connectivity index is 2.46. The average Bonchev–Trinajstić information content (AvgIpc) is 2.47. The van der Waals surface area contributed by atoms with E-state index in [4.69, 9.17) is 9.47 Å². The number of nitrogens with zero attached hydrogens (tertiary/aromatic N) is 1. The molecule has 0 fully saturated rings. The molecule has 1 heterocycles. The number of pyridine rings is 1. The Morgan fingerprint density at radius 1 is 1.21 bits per heavy atom. The van der Waals surface area contributed by atoms with Gasteiger partial charge in [0.15, 0.2) is 0 Å². The fourth-order valence-electron chi connectivity index (χ4n) is 1.79. The molecule has 0 spiro atoms. The summed E-state index contributed by atoms with van der Waals surface area (Å²) in [7, 11) is 3.13. The standard InChI is InChI=1S/C14H14BrNO3/c1-18-9-5-6-11(15)10(8-9)14(17)13-12(19-2)4-3-7-16-13/h3-8,14,17H,1-2H3. The highest BCUT2D eigenvalue weighted by atomic mass is 79.9. The molecule has 0 bridgehead atoms. The summed E-state index contributed by atoms with van der Waals surface area (Å²) in [6.45, 7) is 0. The molecule has 100 valence electrons. The van der Waals surface area contributed by atoms with Gasteiger partial charge in [-0.1, -0.05) is 15.9 Å². The maximum atomic E-state index is 10.5. The van der Waals surface area contributed by atoms with E-state index >= 15 is 0 Å². The molecule has 0 amide bonds. The number of halogens is 1. The summed E-state index contributed by atoms with van der Waals surface area (Å²) in [5.41, 5.74) is 1.15. The molecule has 1 aromatic carbocycles. The topological polar surface area (TPSA) is 51.6 Å². The first-order valence-electron chi connectivity index (χ1n) is 5.67. The molecule has 19 heavy (non-hydrogen) atoms. The molecule has 0 saturated carbocycles. The third kappa shape index (κ3) is 2.88. The molecule has 0 aliphatic carbocycles. The van der Waals surface area contributed by atoms with Gasteiger partial charge in [-0.05, 0) is 30.3 Å². The average molecular weight is 324 g/mol. The summed E-state index contributed by atoms with van der Waals surface area (Å²) in [6.07, 6.45) is 0.732. The zero-order valence-electron chi connectivity index (χ0n) is 10.6. The Labute approximate surface area is 120 Å². The molecule has 0 aliphatic rings. The quantitative estimate of drug-likeness (QED) is 0.939. The van der Waals surface area contributed by atoms with Crippen LogP contribution in [0.4, 0.5) is 0 Å². The van der Waals surface area contributed by atoms with E-state index in [1.807, 2.05) is 12.1 Å². The van der Waals surface area contributed by atoms with Crippen molar-refractivity contribution in [3.8, 4) is 11.5 Å². The number of aliphatic hydroxyl groups is 1. The highest BCUT2D eigenvalue weighted by Gasteiger charge is 2.19. The van der Waals surface area contributed by atoms with Crippen LogP contribution in [0.2, 0.25) is 0 Å². The third-order valence-corrected chi connectivity index (χ3v) is 3.50. The molecule has 2 aromatic rings. The number of hydrogen-bond donors (Lipinski definition) is 1. The Kier molecular flexibility index (Phi) is 4.39. The summed E-state index contributed by atoms with van der Waals surface area (Å²) < 4.78 is 11.2. The van der Waals surface area contributed by atoms with Crippen LogP contribution >= 0.6 is 15.9 Å². The lowest BCUT2D eigenvalue weighted by atomic mass is 10.1. The van der Waals surface area contributed by atoms with Crippen LogP contribution in [0.1, 0.15) is 17.4 Å². The van der Waals surface area contributed by atoms with Crippen LogP contribution in [-0.4, -0.2) is 24.3 Å². The van der Waals surface area contributed by atoms with Crippen LogP contribution < -0.4 is 9.47 Å². The van der Waals surface area contributed by atoms with Crippen LogP contribution in [0.15, 0.2) is 41.0 Å². The summed E-state index contributed by atoms with van der Waals surface area (Å²) in [5.74, 6) is 1.22. The van der Waals surface area contributed by atoms with Gasteiger partial charge in [-0.15, -0.1) is 0 Å². The second kappa shape index (κ2) is 6.04. The van der Waals surface area contributed by atoms with E-state index < -0.39 is 6.10 Å². The predicted molar refractivity (Wildman–Crippen MR) is 75.5 cm³/mol. The van der Waals surface area contributed by atoms with Crippen molar-refractivity contribution >= 4 is 15.9 Å².